The number of hydrogen-bond donors (Lipinski definition) is 1. The quantitative estimate of drug-likeness (QED) is 0.843. The smallest absolute Gasteiger partial charge is 0.243 e. The molecule has 2 N–H and O–H groups in total. The molecule has 1 aliphatic heterocycles. The van der Waals surface area contributed by atoms with Crippen LogP contribution < -0.4 is 5.73 Å². The maximum Gasteiger partial charge on any atom is 0.243 e. The Morgan fingerprint density at radius 2 is 1.94 bits per heavy atom. The highest BCUT2D eigenvalue weighted by Gasteiger charge is 2.25. The summed E-state index contributed by atoms with van der Waals surface area (Å²) in [5.41, 5.74) is 7.54. The number of nitrogens with zero attached hydrogens (tertiary/aromatic N) is 1. The highest BCUT2D eigenvalue weighted by molar-refractivity contribution is 7.89. The minimum absolute atomic E-state index is 0.342. The van der Waals surface area contributed by atoms with Gasteiger partial charge in [-0.15, -0.1) is 0 Å². The SMILES string of the molecule is CC1=CCCN(S(=O)(=O)c2ccc(CN)cc2)C1. The summed E-state index contributed by atoms with van der Waals surface area (Å²) in [6.07, 6.45) is 2.87. The second-order valence-electron chi connectivity index (χ2n) is 4.53. The zero-order chi connectivity index (χ0) is 13.2. The summed E-state index contributed by atoms with van der Waals surface area (Å²) in [6.45, 7) is 3.42. The highest BCUT2D eigenvalue weighted by atomic mass is 32.2. The van der Waals surface area contributed by atoms with Crippen molar-refractivity contribution in [2.75, 3.05) is 13.1 Å². The molecule has 0 atom stereocenters. The van der Waals surface area contributed by atoms with Crippen molar-refractivity contribution in [3.63, 3.8) is 0 Å². The molecule has 0 radical (unpaired) electrons. The fourth-order valence-corrected chi connectivity index (χ4v) is 3.53. The molecular weight excluding hydrogens is 248 g/mol. The third-order valence-corrected chi connectivity index (χ3v) is 4.95. The first-order valence-corrected chi connectivity index (χ1v) is 7.43. The summed E-state index contributed by atoms with van der Waals surface area (Å²) in [7, 11) is -3.37. The van der Waals surface area contributed by atoms with Gasteiger partial charge in [-0.3, -0.25) is 0 Å². The molecule has 2 rings (SSSR count). The van der Waals surface area contributed by atoms with Gasteiger partial charge in [0.25, 0.3) is 0 Å². The molecule has 0 aromatic heterocycles. The van der Waals surface area contributed by atoms with Crippen molar-refractivity contribution in [2.24, 2.45) is 5.73 Å². The van der Waals surface area contributed by atoms with Gasteiger partial charge in [0.2, 0.25) is 10.0 Å². The fraction of sp³-hybridized carbons (Fsp3) is 0.385. The van der Waals surface area contributed by atoms with Crippen LogP contribution in [0.4, 0.5) is 0 Å². The van der Waals surface area contributed by atoms with Gasteiger partial charge in [0, 0.05) is 19.6 Å². The Morgan fingerprint density at radius 1 is 1.28 bits per heavy atom. The van der Waals surface area contributed by atoms with Crippen molar-refractivity contribution >= 4 is 10.0 Å². The minimum Gasteiger partial charge on any atom is -0.326 e. The lowest BCUT2D eigenvalue weighted by atomic mass is 10.2. The number of sulfonamides is 1. The van der Waals surface area contributed by atoms with Crippen molar-refractivity contribution in [3.8, 4) is 0 Å². The molecule has 0 saturated heterocycles. The predicted octanol–water partition coefficient (Wildman–Crippen LogP) is 1.49. The molecule has 0 aliphatic carbocycles. The standard InChI is InChI=1S/C13H18N2O2S/c1-11-3-2-8-15(10-11)18(16,17)13-6-4-12(9-14)5-7-13/h3-7H,2,8-10,14H2,1H3. The van der Waals surface area contributed by atoms with E-state index in [0.717, 1.165) is 17.6 Å². The van der Waals surface area contributed by atoms with E-state index in [9.17, 15) is 8.42 Å². The van der Waals surface area contributed by atoms with Gasteiger partial charge in [0.15, 0.2) is 0 Å². The van der Waals surface area contributed by atoms with Gasteiger partial charge in [-0.25, -0.2) is 8.42 Å². The van der Waals surface area contributed by atoms with Crippen LogP contribution in [0.2, 0.25) is 0 Å². The lowest BCUT2D eigenvalue weighted by molar-refractivity contribution is 0.428. The van der Waals surface area contributed by atoms with Gasteiger partial charge < -0.3 is 5.73 Å². The molecule has 0 unspecified atom stereocenters. The minimum atomic E-state index is -3.37. The number of rotatable bonds is 3. The van der Waals surface area contributed by atoms with E-state index in [1.54, 1.807) is 24.3 Å². The highest BCUT2D eigenvalue weighted by Crippen LogP contribution is 2.20. The van der Waals surface area contributed by atoms with Crippen LogP contribution in [0.5, 0.6) is 0 Å². The Kier molecular flexibility index (Phi) is 3.85. The van der Waals surface area contributed by atoms with E-state index >= 15 is 0 Å². The van der Waals surface area contributed by atoms with E-state index in [1.807, 2.05) is 6.92 Å². The van der Waals surface area contributed by atoms with E-state index in [0.29, 0.717) is 24.5 Å². The van der Waals surface area contributed by atoms with Crippen LogP contribution in [0.1, 0.15) is 18.9 Å². The second-order valence-corrected chi connectivity index (χ2v) is 6.46. The third-order valence-electron chi connectivity index (χ3n) is 3.09. The zero-order valence-corrected chi connectivity index (χ0v) is 11.3. The van der Waals surface area contributed by atoms with Crippen LogP contribution in [-0.2, 0) is 16.6 Å². The summed E-state index contributed by atoms with van der Waals surface area (Å²) >= 11 is 0. The topological polar surface area (TPSA) is 63.4 Å². The van der Waals surface area contributed by atoms with Gasteiger partial charge in [0.1, 0.15) is 0 Å². The maximum absolute atomic E-state index is 12.4. The van der Waals surface area contributed by atoms with Crippen LogP contribution in [0.3, 0.4) is 0 Å². The molecular formula is C13H18N2O2S. The summed E-state index contributed by atoms with van der Waals surface area (Å²) < 4.78 is 26.3. The predicted molar refractivity (Wildman–Crippen MR) is 71.5 cm³/mol. The molecule has 1 aliphatic rings. The normalized spacial score (nSPS) is 17.6. The molecule has 1 aromatic rings. The monoisotopic (exact) mass is 266 g/mol. The van der Waals surface area contributed by atoms with E-state index in [2.05, 4.69) is 6.08 Å². The maximum atomic E-state index is 12.4. The molecule has 0 fully saturated rings. The van der Waals surface area contributed by atoms with Crippen molar-refractivity contribution in [3.05, 3.63) is 41.5 Å². The Labute approximate surface area is 108 Å². The van der Waals surface area contributed by atoms with Gasteiger partial charge in [0.05, 0.1) is 4.90 Å². The fourth-order valence-electron chi connectivity index (χ4n) is 2.03. The molecule has 98 valence electrons. The molecule has 0 spiro atoms. The van der Waals surface area contributed by atoms with E-state index in [-0.39, 0.29) is 0 Å². The van der Waals surface area contributed by atoms with Crippen molar-refractivity contribution in [2.45, 2.75) is 24.8 Å². The Morgan fingerprint density at radius 3 is 2.50 bits per heavy atom. The largest absolute Gasteiger partial charge is 0.326 e. The van der Waals surface area contributed by atoms with Gasteiger partial charge in [-0.05, 0) is 31.0 Å². The first kappa shape index (κ1) is 13.3. The molecule has 0 amide bonds. The van der Waals surface area contributed by atoms with Crippen LogP contribution >= 0.6 is 0 Å². The van der Waals surface area contributed by atoms with Crippen molar-refractivity contribution in [1.82, 2.24) is 4.31 Å². The lowest BCUT2D eigenvalue weighted by Gasteiger charge is -2.25. The van der Waals surface area contributed by atoms with Gasteiger partial charge in [-0.1, -0.05) is 23.8 Å². The van der Waals surface area contributed by atoms with Crippen molar-refractivity contribution in [1.29, 1.82) is 0 Å². The average Bonchev–Trinajstić information content (AvgIpc) is 2.39. The Bertz CT molecular complexity index is 547. The van der Waals surface area contributed by atoms with Gasteiger partial charge >= 0.3 is 0 Å². The molecule has 1 aromatic carbocycles. The number of benzene rings is 1. The first-order valence-electron chi connectivity index (χ1n) is 5.99. The second kappa shape index (κ2) is 5.22. The van der Waals surface area contributed by atoms with E-state index in [1.165, 1.54) is 4.31 Å². The molecule has 5 heteroatoms. The Hall–Kier alpha value is -1.17. The van der Waals surface area contributed by atoms with Crippen LogP contribution in [0, 0.1) is 0 Å². The number of hydrogen-bond acceptors (Lipinski definition) is 3. The summed E-state index contributed by atoms with van der Waals surface area (Å²) in [4.78, 5) is 0.342. The zero-order valence-electron chi connectivity index (χ0n) is 10.5. The van der Waals surface area contributed by atoms with Crippen molar-refractivity contribution < 1.29 is 8.42 Å². The average molecular weight is 266 g/mol. The molecule has 0 saturated carbocycles. The van der Waals surface area contributed by atoms with E-state index in [4.69, 9.17) is 5.73 Å². The third kappa shape index (κ3) is 2.63. The molecule has 1 heterocycles. The molecule has 18 heavy (non-hydrogen) atoms. The Balaban J connectivity index is 2.27. The summed E-state index contributed by atoms with van der Waals surface area (Å²) in [5.74, 6) is 0. The first-order chi connectivity index (χ1) is 8.54. The van der Waals surface area contributed by atoms with Gasteiger partial charge in [-0.2, -0.15) is 4.31 Å². The lowest BCUT2D eigenvalue weighted by Crippen LogP contribution is -2.35. The summed E-state index contributed by atoms with van der Waals surface area (Å²) in [6, 6.07) is 6.79. The molecule has 4 nitrogen and oxygen atoms in total. The van der Waals surface area contributed by atoms with Crippen LogP contribution in [-0.4, -0.2) is 25.8 Å². The van der Waals surface area contributed by atoms with Crippen LogP contribution in [0.25, 0.3) is 0 Å². The molecule has 0 bridgehead atoms. The van der Waals surface area contributed by atoms with Crippen LogP contribution in [0.15, 0.2) is 40.8 Å². The number of nitrogens with two attached hydrogens (primary N) is 1. The van der Waals surface area contributed by atoms with E-state index < -0.39 is 10.0 Å². The summed E-state index contributed by atoms with van der Waals surface area (Å²) in [5, 5.41) is 0.